The molecule has 0 saturated heterocycles. The van der Waals surface area contributed by atoms with Crippen LogP contribution in [0.25, 0.3) is 22.0 Å². The molecule has 6 heteroatoms. The molecule has 3 aromatic carbocycles. The molecule has 6 nitrogen and oxygen atoms in total. The number of hydrogen-bond acceptors (Lipinski definition) is 6. The lowest BCUT2D eigenvalue weighted by Crippen LogP contribution is -1.99. The summed E-state index contributed by atoms with van der Waals surface area (Å²) in [6.45, 7) is 0.225. The van der Waals surface area contributed by atoms with Crippen LogP contribution in [0.2, 0.25) is 0 Å². The Labute approximate surface area is 167 Å². The molecule has 0 unspecified atom stereocenters. The van der Waals surface area contributed by atoms with Gasteiger partial charge < -0.3 is 14.8 Å². The molecule has 0 bridgehead atoms. The topological polar surface area (TPSA) is 80.1 Å². The zero-order valence-corrected chi connectivity index (χ0v) is 15.4. The summed E-state index contributed by atoms with van der Waals surface area (Å²) in [6, 6.07) is 21.8. The van der Waals surface area contributed by atoms with E-state index in [1.165, 1.54) is 0 Å². The van der Waals surface area contributed by atoms with Crippen molar-refractivity contribution in [1.29, 1.82) is 5.26 Å². The number of anilines is 2. The summed E-state index contributed by atoms with van der Waals surface area (Å²) in [7, 11) is 0. The fraction of sp³-hybridized carbons (Fsp3) is 0.0870. The van der Waals surface area contributed by atoms with Gasteiger partial charge in [-0.15, -0.1) is 0 Å². The maximum Gasteiger partial charge on any atom is 0.231 e. The number of aromatic nitrogens is 2. The van der Waals surface area contributed by atoms with Gasteiger partial charge in [0.15, 0.2) is 11.5 Å². The van der Waals surface area contributed by atoms with E-state index in [2.05, 4.69) is 21.4 Å². The van der Waals surface area contributed by atoms with E-state index in [-0.39, 0.29) is 6.79 Å². The van der Waals surface area contributed by atoms with Gasteiger partial charge in [0.1, 0.15) is 0 Å². The smallest absolute Gasteiger partial charge is 0.231 e. The van der Waals surface area contributed by atoms with Crippen molar-refractivity contribution >= 4 is 22.5 Å². The van der Waals surface area contributed by atoms with E-state index in [0.29, 0.717) is 18.1 Å². The molecule has 0 aliphatic carbocycles. The molecular weight excluding hydrogens is 364 g/mol. The Kier molecular flexibility index (Phi) is 4.19. The molecule has 1 aliphatic heterocycles. The summed E-state index contributed by atoms with van der Waals surface area (Å²) in [5.74, 6) is 1.95. The van der Waals surface area contributed by atoms with Gasteiger partial charge in [0.05, 0.1) is 18.0 Å². The van der Waals surface area contributed by atoms with Gasteiger partial charge in [-0.2, -0.15) is 5.26 Å². The van der Waals surface area contributed by atoms with E-state index in [1.807, 2.05) is 60.7 Å². The van der Waals surface area contributed by atoms with Gasteiger partial charge in [0, 0.05) is 22.8 Å². The Hall–Kier alpha value is -4.11. The van der Waals surface area contributed by atoms with Crippen LogP contribution in [0.15, 0.2) is 66.9 Å². The molecule has 4 aromatic rings. The van der Waals surface area contributed by atoms with Crippen LogP contribution in [0.4, 0.5) is 11.6 Å². The standard InChI is InChI=1S/C23H16N4O2/c24-10-9-15-5-7-20(27-23-25-13-17-3-1-2-4-19(17)26-23)18(11-15)16-6-8-21-22(12-16)29-14-28-21/h1-8,11-13H,9,14H2,(H,25,26,27). The number of hydrogen-bond donors (Lipinski definition) is 1. The van der Waals surface area contributed by atoms with Crippen LogP contribution < -0.4 is 14.8 Å². The molecule has 0 spiro atoms. The highest BCUT2D eigenvalue weighted by Gasteiger charge is 2.16. The number of ether oxygens (including phenoxy) is 2. The second-order valence-corrected chi connectivity index (χ2v) is 6.66. The van der Waals surface area contributed by atoms with E-state index in [4.69, 9.17) is 14.7 Å². The quantitative estimate of drug-likeness (QED) is 0.546. The third kappa shape index (κ3) is 3.30. The van der Waals surface area contributed by atoms with Crippen molar-refractivity contribution in [2.24, 2.45) is 0 Å². The molecule has 1 aromatic heterocycles. The maximum atomic E-state index is 9.09. The molecule has 2 heterocycles. The lowest BCUT2D eigenvalue weighted by atomic mass is 9.99. The van der Waals surface area contributed by atoms with Crippen LogP contribution in [0.3, 0.4) is 0 Å². The normalized spacial score (nSPS) is 12.0. The summed E-state index contributed by atoms with van der Waals surface area (Å²) in [6.07, 6.45) is 2.14. The van der Waals surface area contributed by atoms with Crippen molar-refractivity contribution in [3.63, 3.8) is 0 Å². The number of nitrogens with one attached hydrogen (secondary N) is 1. The number of benzene rings is 3. The van der Waals surface area contributed by atoms with E-state index in [0.717, 1.165) is 39.0 Å². The Morgan fingerprint density at radius 3 is 2.83 bits per heavy atom. The summed E-state index contributed by atoms with van der Waals surface area (Å²) >= 11 is 0. The van der Waals surface area contributed by atoms with Gasteiger partial charge in [0.2, 0.25) is 12.7 Å². The van der Waals surface area contributed by atoms with E-state index >= 15 is 0 Å². The van der Waals surface area contributed by atoms with Gasteiger partial charge in [0.25, 0.3) is 0 Å². The predicted octanol–water partition coefficient (Wildman–Crippen LogP) is 4.84. The first-order chi connectivity index (χ1) is 14.3. The fourth-order valence-corrected chi connectivity index (χ4v) is 3.36. The maximum absolute atomic E-state index is 9.09. The van der Waals surface area contributed by atoms with Gasteiger partial charge >= 0.3 is 0 Å². The third-order valence-corrected chi connectivity index (χ3v) is 4.79. The lowest BCUT2D eigenvalue weighted by molar-refractivity contribution is 0.174. The molecule has 1 aliphatic rings. The van der Waals surface area contributed by atoms with Crippen molar-refractivity contribution in [2.75, 3.05) is 12.1 Å². The SMILES string of the molecule is N#CCc1ccc(Nc2ncc3ccccc3n2)c(-c2ccc3c(c2)OCO3)c1. The zero-order chi connectivity index (χ0) is 19.6. The molecule has 0 radical (unpaired) electrons. The zero-order valence-electron chi connectivity index (χ0n) is 15.4. The number of nitriles is 1. The Morgan fingerprint density at radius 2 is 1.90 bits per heavy atom. The van der Waals surface area contributed by atoms with E-state index in [9.17, 15) is 0 Å². The monoisotopic (exact) mass is 380 g/mol. The highest BCUT2D eigenvalue weighted by Crippen LogP contribution is 2.39. The predicted molar refractivity (Wildman–Crippen MR) is 110 cm³/mol. The van der Waals surface area contributed by atoms with E-state index in [1.54, 1.807) is 6.20 Å². The fourth-order valence-electron chi connectivity index (χ4n) is 3.36. The Morgan fingerprint density at radius 1 is 1.00 bits per heavy atom. The summed E-state index contributed by atoms with van der Waals surface area (Å²) in [5, 5.41) is 13.4. The van der Waals surface area contributed by atoms with Crippen molar-refractivity contribution in [3.05, 3.63) is 72.4 Å². The second-order valence-electron chi connectivity index (χ2n) is 6.66. The first kappa shape index (κ1) is 17.0. The Balaban J connectivity index is 1.57. The van der Waals surface area contributed by atoms with Gasteiger partial charge in [-0.05, 0) is 41.5 Å². The average molecular weight is 380 g/mol. The first-order valence-corrected chi connectivity index (χ1v) is 9.19. The van der Waals surface area contributed by atoms with Crippen molar-refractivity contribution in [2.45, 2.75) is 6.42 Å². The average Bonchev–Trinajstić information content (AvgIpc) is 3.23. The Bertz CT molecular complexity index is 1260. The third-order valence-electron chi connectivity index (χ3n) is 4.79. The minimum atomic E-state index is 0.225. The minimum absolute atomic E-state index is 0.225. The summed E-state index contributed by atoms with van der Waals surface area (Å²) in [5.41, 5.74) is 4.55. The van der Waals surface area contributed by atoms with Crippen LogP contribution in [-0.2, 0) is 6.42 Å². The number of rotatable bonds is 4. The molecule has 0 atom stereocenters. The lowest BCUT2D eigenvalue weighted by Gasteiger charge is -2.13. The van der Waals surface area contributed by atoms with Gasteiger partial charge in [-0.3, -0.25) is 0 Å². The molecule has 1 N–H and O–H groups in total. The molecular formula is C23H16N4O2. The number of fused-ring (bicyclic) bond motifs is 2. The second kappa shape index (κ2) is 7.13. The van der Waals surface area contributed by atoms with Gasteiger partial charge in [-0.1, -0.05) is 30.3 Å². The van der Waals surface area contributed by atoms with E-state index < -0.39 is 0 Å². The van der Waals surface area contributed by atoms with Crippen LogP contribution in [-0.4, -0.2) is 16.8 Å². The molecule has 29 heavy (non-hydrogen) atoms. The summed E-state index contributed by atoms with van der Waals surface area (Å²) in [4.78, 5) is 9.04. The van der Waals surface area contributed by atoms with Crippen LogP contribution in [0, 0.1) is 11.3 Å². The number of nitrogens with zero attached hydrogens (tertiary/aromatic N) is 3. The first-order valence-electron chi connectivity index (χ1n) is 9.19. The highest BCUT2D eigenvalue weighted by atomic mass is 16.7. The molecule has 140 valence electrons. The summed E-state index contributed by atoms with van der Waals surface area (Å²) < 4.78 is 10.9. The van der Waals surface area contributed by atoms with Crippen molar-refractivity contribution in [3.8, 4) is 28.7 Å². The van der Waals surface area contributed by atoms with Crippen molar-refractivity contribution < 1.29 is 9.47 Å². The van der Waals surface area contributed by atoms with Crippen LogP contribution in [0.1, 0.15) is 5.56 Å². The van der Waals surface area contributed by atoms with Crippen molar-refractivity contribution in [1.82, 2.24) is 9.97 Å². The van der Waals surface area contributed by atoms with Gasteiger partial charge in [-0.25, -0.2) is 9.97 Å². The van der Waals surface area contributed by atoms with Crippen LogP contribution in [0.5, 0.6) is 11.5 Å². The molecule has 0 fully saturated rings. The molecule has 0 amide bonds. The molecule has 5 rings (SSSR count). The molecule has 0 saturated carbocycles. The highest BCUT2D eigenvalue weighted by molar-refractivity contribution is 5.83. The minimum Gasteiger partial charge on any atom is -0.454 e. The van der Waals surface area contributed by atoms with Crippen LogP contribution >= 0.6 is 0 Å². The largest absolute Gasteiger partial charge is 0.454 e. The number of para-hydroxylation sites is 1.